The van der Waals surface area contributed by atoms with Crippen LogP contribution in [0.25, 0.3) is 0 Å². The van der Waals surface area contributed by atoms with Gasteiger partial charge in [0.25, 0.3) is 0 Å². The van der Waals surface area contributed by atoms with Gasteiger partial charge in [-0.05, 0) is 19.1 Å². The van der Waals surface area contributed by atoms with Gasteiger partial charge >= 0.3 is 5.97 Å². The standard InChI is InChI=1S/C11H13FO4/c1-3-15-11(13)7-16-8-4-5-9(12)10(6-8)14-2/h4-6H,3,7H2,1-2H3. The molecule has 0 aliphatic heterocycles. The lowest BCUT2D eigenvalue weighted by atomic mass is 10.3. The summed E-state index contributed by atoms with van der Waals surface area (Å²) < 4.78 is 27.6. The predicted octanol–water partition coefficient (Wildman–Crippen LogP) is 1.78. The Morgan fingerprint density at radius 1 is 1.44 bits per heavy atom. The molecule has 0 fully saturated rings. The van der Waals surface area contributed by atoms with Gasteiger partial charge in [-0.2, -0.15) is 0 Å². The second kappa shape index (κ2) is 5.95. The zero-order chi connectivity index (χ0) is 12.0. The monoisotopic (exact) mass is 228 g/mol. The van der Waals surface area contributed by atoms with Crippen LogP contribution < -0.4 is 9.47 Å². The van der Waals surface area contributed by atoms with Crippen LogP contribution >= 0.6 is 0 Å². The molecule has 1 aromatic carbocycles. The summed E-state index contributed by atoms with van der Waals surface area (Å²) in [7, 11) is 1.35. The quantitative estimate of drug-likeness (QED) is 0.720. The van der Waals surface area contributed by atoms with Crippen molar-refractivity contribution in [1.82, 2.24) is 0 Å². The second-order valence-electron chi connectivity index (χ2n) is 2.89. The molecule has 5 heteroatoms. The molecule has 1 rings (SSSR count). The number of carbonyl (C=O) groups excluding carboxylic acids is 1. The van der Waals surface area contributed by atoms with Crippen LogP contribution in [0.4, 0.5) is 4.39 Å². The topological polar surface area (TPSA) is 44.8 Å². The molecule has 0 unspecified atom stereocenters. The van der Waals surface area contributed by atoms with Gasteiger partial charge in [0.2, 0.25) is 0 Å². The van der Waals surface area contributed by atoms with Gasteiger partial charge < -0.3 is 14.2 Å². The third kappa shape index (κ3) is 3.42. The fraction of sp³-hybridized carbons (Fsp3) is 0.364. The first kappa shape index (κ1) is 12.3. The number of ether oxygens (including phenoxy) is 3. The first-order chi connectivity index (χ1) is 7.67. The highest BCUT2D eigenvalue weighted by Gasteiger charge is 2.06. The second-order valence-corrected chi connectivity index (χ2v) is 2.89. The molecule has 0 radical (unpaired) electrons. The van der Waals surface area contributed by atoms with E-state index in [-0.39, 0.29) is 12.4 Å². The number of hydrogen-bond donors (Lipinski definition) is 0. The zero-order valence-corrected chi connectivity index (χ0v) is 9.16. The summed E-state index contributed by atoms with van der Waals surface area (Å²) in [6.45, 7) is 1.80. The normalized spacial score (nSPS) is 9.69. The van der Waals surface area contributed by atoms with Crippen LogP contribution in [0, 0.1) is 5.82 Å². The van der Waals surface area contributed by atoms with E-state index in [1.54, 1.807) is 6.92 Å². The van der Waals surface area contributed by atoms with Crippen molar-refractivity contribution in [2.24, 2.45) is 0 Å². The third-order valence-electron chi connectivity index (χ3n) is 1.78. The number of rotatable bonds is 5. The number of benzene rings is 1. The Balaban J connectivity index is 2.57. The molecular formula is C11H13FO4. The molecule has 0 N–H and O–H groups in total. The van der Waals surface area contributed by atoms with Gasteiger partial charge in [-0.15, -0.1) is 0 Å². The Bertz CT molecular complexity index is 365. The summed E-state index contributed by atoms with van der Waals surface area (Å²) >= 11 is 0. The summed E-state index contributed by atoms with van der Waals surface area (Å²) in [5, 5.41) is 0. The van der Waals surface area contributed by atoms with E-state index >= 15 is 0 Å². The maximum Gasteiger partial charge on any atom is 0.344 e. The Kier molecular flexibility index (Phi) is 4.57. The van der Waals surface area contributed by atoms with E-state index in [1.807, 2.05) is 0 Å². The van der Waals surface area contributed by atoms with Crippen molar-refractivity contribution < 1.29 is 23.4 Å². The fourth-order valence-electron chi connectivity index (χ4n) is 1.07. The molecule has 0 atom stereocenters. The molecule has 0 saturated carbocycles. The molecule has 0 heterocycles. The van der Waals surface area contributed by atoms with Gasteiger partial charge in [-0.25, -0.2) is 9.18 Å². The molecule has 0 aromatic heterocycles. The van der Waals surface area contributed by atoms with Gasteiger partial charge in [-0.3, -0.25) is 0 Å². The molecule has 0 bridgehead atoms. The lowest BCUT2D eigenvalue weighted by Gasteiger charge is -2.07. The van der Waals surface area contributed by atoms with Crippen molar-refractivity contribution in [2.45, 2.75) is 6.92 Å². The highest BCUT2D eigenvalue weighted by atomic mass is 19.1. The largest absolute Gasteiger partial charge is 0.494 e. The number of methoxy groups -OCH3 is 1. The fourth-order valence-corrected chi connectivity index (χ4v) is 1.07. The van der Waals surface area contributed by atoms with Gasteiger partial charge in [0.05, 0.1) is 13.7 Å². The van der Waals surface area contributed by atoms with E-state index in [0.717, 1.165) is 0 Å². The van der Waals surface area contributed by atoms with E-state index < -0.39 is 11.8 Å². The summed E-state index contributed by atoms with van der Waals surface area (Å²) in [6.07, 6.45) is 0. The molecule has 0 aliphatic carbocycles. The maximum absolute atomic E-state index is 13.0. The van der Waals surface area contributed by atoms with Crippen molar-refractivity contribution in [3.05, 3.63) is 24.0 Å². The van der Waals surface area contributed by atoms with E-state index in [0.29, 0.717) is 12.4 Å². The molecule has 0 spiro atoms. The lowest BCUT2D eigenvalue weighted by molar-refractivity contribution is -0.145. The Morgan fingerprint density at radius 2 is 2.19 bits per heavy atom. The minimum absolute atomic E-state index is 0.0707. The maximum atomic E-state index is 13.0. The third-order valence-corrected chi connectivity index (χ3v) is 1.78. The molecule has 16 heavy (non-hydrogen) atoms. The van der Waals surface area contributed by atoms with E-state index in [1.165, 1.54) is 25.3 Å². The molecule has 4 nitrogen and oxygen atoms in total. The van der Waals surface area contributed by atoms with Crippen molar-refractivity contribution in [3.63, 3.8) is 0 Å². The van der Waals surface area contributed by atoms with Crippen LogP contribution in [0.5, 0.6) is 11.5 Å². The summed E-state index contributed by atoms with van der Waals surface area (Å²) in [5.41, 5.74) is 0. The van der Waals surface area contributed by atoms with Crippen LogP contribution in [0.15, 0.2) is 18.2 Å². The SMILES string of the molecule is CCOC(=O)COc1ccc(F)c(OC)c1. The summed E-state index contributed by atoms with van der Waals surface area (Å²) in [4.78, 5) is 11.0. The molecular weight excluding hydrogens is 215 g/mol. The number of halogens is 1. The first-order valence-corrected chi connectivity index (χ1v) is 4.79. The van der Waals surface area contributed by atoms with Gasteiger partial charge in [0.15, 0.2) is 18.2 Å². The first-order valence-electron chi connectivity index (χ1n) is 4.79. The number of carbonyl (C=O) groups is 1. The van der Waals surface area contributed by atoms with Crippen LogP contribution in [0.1, 0.15) is 6.92 Å². The smallest absolute Gasteiger partial charge is 0.344 e. The minimum atomic E-state index is -0.481. The van der Waals surface area contributed by atoms with E-state index in [2.05, 4.69) is 4.74 Å². The molecule has 0 amide bonds. The van der Waals surface area contributed by atoms with Crippen LogP contribution in [0.3, 0.4) is 0 Å². The molecule has 0 aliphatic rings. The van der Waals surface area contributed by atoms with Crippen molar-refractivity contribution in [2.75, 3.05) is 20.3 Å². The van der Waals surface area contributed by atoms with Gasteiger partial charge in [-0.1, -0.05) is 0 Å². The highest BCUT2D eigenvalue weighted by Crippen LogP contribution is 2.22. The van der Waals surface area contributed by atoms with Gasteiger partial charge in [0.1, 0.15) is 5.75 Å². The number of esters is 1. The molecule has 0 saturated heterocycles. The number of hydrogen-bond acceptors (Lipinski definition) is 4. The van der Waals surface area contributed by atoms with Crippen LogP contribution in [0.2, 0.25) is 0 Å². The predicted molar refractivity (Wildman–Crippen MR) is 55.1 cm³/mol. The highest BCUT2D eigenvalue weighted by molar-refractivity contribution is 5.71. The van der Waals surface area contributed by atoms with Crippen LogP contribution in [-0.2, 0) is 9.53 Å². The van der Waals surface area contributed by atoms with Crippen molar-refractivity contribution in [3.8, 4) is 11.5 Å². The Hall–Kier alpha value is -1.78. The molecule has 1 aromatic rings. The van der Waals surface area contributed by atoms with Crippen molar-refractivity contribution >= 4 is 5.97 Å². The molecule has 88 valence electrons. The average Bonchev–Trinajstić information content (AvgIpc) is 2.28. The summed E-state index contributed by atoms with van der Waals surface area (Å²) in [6, 6.07) is 3.99. The van der Waals surface area contributed by atoms with Crippen molar-refractivity contribution in [1.29, 1.82) is 0 Å². The Morgan fingerprint density at radius 3 is 2.81 bits per heavy atom. The Labute approximate surface area is 92.9 Å². The van der Waals surface area contributed by atoms with E-state index in [4.69, 9.17) is 9.47 Å². The average molecular weight is 228 g/mol. The lowest BCUT2D eigenvalue weighted by Crippen LogP contribution is -2.14. The van der Waals surface area contributed by atoms with E-state index in [9.17, 15) is 9.18 Å². The van der Waals surface area contributed by atoms with Crippen LogP contribution in [-0.4, -0.2) is 26.3 Å². The summed E-state index contributed by atoms with van der Waals surface area (Å²) in [5.74, 6) is -0.524. The van der Waals surface area contributed by atoms with Gasteiger partial charge in [0, 0.05) is 6.07 Å². The minimum Gasteiger partial charge on any atom is -0.494 e. The zero-order valence-electron chi connectivity index (χ0n) is 9.16.